The summed E-state index contributed by atoms with van der Waals surface area (Å²) >= 11 is 0. The van der Waals surface area contributed by atoms with Crippen LogP contribution in [-0.2, 0) is 0 Å². The van der Waals surface area contributed by atoms with Gasteiger partial charge in [0.15, 0.2) is 0 Å². The van der Waals surface area contributed by atoms with Crippen LogP contribution in [0.25, 0.3) is 5.52 Å². The van der Waals surface area contributed by atoms with Crippen molar-refractivity contribution in [3.8, 4) is 6.07 Å². The van der Waals surface area contributed by atoms with Crippen molar-refractivity contribution in [2.75, 3.05) is 19.6 Å². The molecule has 2 aromatic rings. The normalized spacial score (nSPS) is 26.9. The molecule has 4 rings (SSSR count). The fourth-order valence-corrected chi connectivity index (χ4v) is 3.50. The summed E-state index contributed by atoms with van der Waals surface area (Å²) in [6, 6.07) is 7.90. The Morgan fingerprint density at radius 1 is 1.33 bits per heavy atom. The number of hydrogen-bond acceptors (Lipinski definition) is 3. The smallest absolute Gasteiger partial charge is 0.253 e. The number of nitriles is 1. The van der Waals surface area contributed by atoms with E-state index in [9.17, 15) is 4.79 Å². The number of nitrogens with zero attached hydrogens (tertiary/aromatic N) is 3. The lowest BCUT2D eigenvalue weighted by Crippen LogP contribution is -2.43. The molecule has 2 aliphatic heterocycles. The first-order valence-electron chi connectivity index (χ1n) is 7.28. The highest BCUT2D eigenvalue weighted by atomic mass is 16.1. The Morgan fingerprint density at radius 2 is 2.24 bits per heavy atom. The van der Waals surface area contributed by atoms with Crippen LogP contribution in [0.5, 0.6) is 0 Å². The lowest BCUT2D eigenvalue weighted by Gasteiger charge is -2.23. The van der Waals surface area contributed by atoms with Crippen molar-refractivity contribution in [2.24, 2.45) is 5.92 Å². The van der Waals surface area contributed by atoms with Gasteiger partial charge in [0.05, 0.1) is 11.1 Å². The molecule has 5 nitrogen and oxygen atoms in total. The summed E-state index contributed by atoms with van der Waals surface area (Å²) in [5.74, 6) is 0.581. The standard InChI is InChI=1S/C16H16N4O/c17-6-11-5-14-2-1-13(9-20(14)7-11)16(21)18-15-10-19-4-3-12(15)8-19/h1-2,5,7,9,12,15H,3-4,8,10H2,(H,18,21). The Hall–Kier alpha value is -2.32. The van der Waals surface area contributed by atoms with Crippen molar-refractivity contribution in [2.45, 2.75) is 12.5 Å². The number of aromatic nitrogens is 1. The lowest BCUT2D eigenvalue weighted by atomic mass is 10.00. The van der Waals surface area contributed by atoms with Gasteiger partial charge in [-0.3, -0.25) is 4.79 Å². The van der Waals surface area contributed by atoms with E-state index in [1.54, 1.807) is 12.4 Å². The van der Waals surface area contributed by atoms with Crippen LogP contribution in [0.4, 0.5) is 0 Å². The minimum absolute atomic E-state index is 0.0251. The van der Waals surface area contributed by atoms with Crippen LogP contribution in [0.3, 0.4) is 0 Å². The quantitative estimate of drug-likeness (QED) is 0.900. The van der Waals surface area contributed by atoms with Gasteiger partial charge in [0.25, 0.3) is 5.91 Å². The highest BCUT2D eigenvalue weighted by Crippen LogP contribution is 2.27. The molecule has 0 radical (unpaired) electrons. The highest BCUT2D eigenvalue weighted by molar-refractivity contribution is 5.94. The molecule has 3 unspecified atom stereocenters. The third-order valence-corrected chi connectivity index (χ3v) is 4.63. The Bertz CT molecular complexity index is 757. The van der Waals surface area contributed by atoms with Crippen LogP contribution in [-0.4, -0.2) is 40.9 Å². The summed E-state index contributed by atoms with van der Waals surface area (Å²) in [6.07, 6.45) is 4.72. The van der Waals surface area contributed by atoms with Crippen LogP contribution in [0.2, 0.25) is 0 Å². The van der Waals surface area contributed by atoms with E-state index in [1.807, 2.05) is 22.6 Å². The van der Waals surface area contributed by atoms with Crippen molar-refractivity contribution in [3.05, 3.63) is 41.7 Å². The first-order valence-corrected chi connectivity index (χ1v) is 7.28. The zero-order valence-electron chi connectivity index (χ0n) is 11.6. The molecule has 106 valence electrons. The minimum Gasteiger partial charge on any atom is -0.348 e. The molecule has 2 bridgehead atoms. The molecular weight excluding hydrogens is 264 g/mol. The molecule has 2 saturated heterocycles. The van der Waals surface area contributed by atoms with E-state index < -0.39 is 0 Å². The second-order valence-electron chi connectivity index (χ2n) is 5.98. The number of piperidine rings is 1. The molecule has 2 fully saturated rings. The van der Waals surface area contributed by atoms with E-state index in [0.717, 1.165) is 18.6 Å². The minimum atomic E-state index is -0.0251. The van der Waals surface area contributed by atoms with E-state index in [-0.39, 0.29) is 11.9 Å². The maximum absolute atomic E-state index is 12.4. The molecule has 4 heterocycles. The van der Waals surface area contributed by atoms with Crippen molar-refractivity contribution < 1.29 is 4.79 Å². The fraction of sp³-hybridized carbons (Fsp3) is 0.375. The summed E-state index contributed by atoms with van der Waals surface area (Å²) in [5, 5.41) is 12.1. The van der Waals surface area contributed by atoms with Gasteiger partial charge >= 0.3 is 0 Å². The molecule has 2 aliphatic rings. The van der Waals surface area contributed by atoms with E-state index in [4.69, 9.17) is 5.26 Å². The van der Waals surface area contributed by atoms with E-state index >= 15 is 0 Å². The number of carbonyl (C=O) groups excluding carboxylic acids is 1. The zero-order chi connectivity index (χ0) is 14.4. The SMILES string of the molecule is N#Cc1cc2ccc(C(=O)NC3CN4CCC3C4)cn2c1. The van der Waals surface area contributed by atoms with Crippen molar-refractivity contribution in [1.29, 1.82) is 5.26 Å². The summed E-state index contributed by atoms with van der Waals surface area (Å²) in [5.41, 5.74) is 2.17. The van der Waals surface area contributed by atoms with Gasteiger partial charge in [-0.1, -0.05) is 0 Å². The largest absolute Gasteiger partial charge is 0.348 e. The Morgan fingerprint density at radius 3 is 2.95 bits per heavy atom. The van der Waals surface area contributed by atoms with E-state index in [0.29, 0.717) is 17.0 Å². The van der Waals surface area contributed by atoms with Crippen molar-refractivity contribution >= 4 is 11.4 Å². The predicted molar refractivity (Wildman–Crippen MR) is 77.9 cm³/mol. The maximum atomic E-state index is 12.4. The number of rotatable bonds is 2. The van der Waals surface area contributed by atoms with Gasteiger partial charge in [-0.2, -0.15) is 5.26 Å². The topological polar surface area (TPSA) is 60.5 Å². The first kappa shape index (κ1) is 12.4. The number of carbonyl (C=O) groups is 1. The van der Waals surface area contributed by atoms with Gasteiger partial charge < -0.3 is 14.6 Å². The number of nitrogens with one attached hydrogen (secondary N) is 1. The summed E-state index contributed by atoms with van der Waals surface area (Å²) in [7, 11) is 0. The van der Waals surface area contributed by atoms with E-state index in [1.165, 1.54) is 13.0 Å². The van der Waals surface area contributed by atoms with Gasteiger partial charge in [-0.25, -0.2) is 0 Å². The van der Waals surface area contributed by atoms with E-state index in [2.05, 4.69) is 16.3 Å². The van der Waals surface area contributed by atoms with Gasteiger partial charge in [0.2, 0.25) is 0 Å². The molecule has 0 spiro atoms. The Labute approximate surface area is 122 Å². The van der Waals surface area contributed by atoms with Gasteiger partial charge in [-0.05, 0) is 37.1 Å². The van der Waals surface area contributed by atoms with Crippen LogP contribution in [0, 0.1) is 17.2 Å². The first-order chi connectivity index (χ1) is 10.2. The number of amides is 1. The van der Waals surface area contributed by atoms with Crippen LogP contribution < -0.4 is 5.32 Å². The average molecular weight is 280 g/mol. The third-order valence-electron chi connectivity index (χ3n) is 4.63. The molecule has 2 aromatic heterocycles. The zero-order valence-corrected chi connectivity index (χ0v) is 11.6. The second kappa shape index (κ2) is 4.61. The molecule has 21 heavy (non-hydrogen) atoms. The van der Waals surface area contributed by atoms with Crippen LogP contribution in [0.1, 0.15) is 22.3 Å². The highest BCUT2D eigenvalue weighted by Gasteiger charge is 2.38. The molecule has 0 saturated carbocycles. The molecule has 1 N–H and O–H groups in total. The number of pyridine rings is 1. The molecule has 1 amide bonds. The van der Waals surface area contributed by atoms with Crippen LogP contribution in [0.15, 0.2) is 30.6 Å². The fourth-order valence-electron chi connectivity index (χ4n) is 3.50. The monoisotopic (exact) mass is 280 g/mol. The molecule has 3 atom stereocenters. The lowest BCUT2D eigenvalue weighted by molar-refractivity contribution is 0.0924. The molecule has 0 aliphatic carbocycles. The maximum Gasteiger partial charge on any atom is 0.253 e. The van der Waals surface area contributed by atoms with Gasteiger partial charge in [-0.15, -0.1) is 0 Å². The third kappa shape index (κ3) is 2.08. The summed E-state index contributed by atoms with van der Waals surface area (Å²) in [6.45, 7) is 3.26. The molecule has 0 aromatic carbocycles. The van der Waals surface area contributed by atoms with Crippen molar-refractivity contribution in [3.63, 3.8) is 0 Å². The van der Waals surface area contributed by atoms with Crippen molar-refractivity contribution in [1.82, 2.24) is 14.6 Å². The number of fused-ring (bicyclic) bond motifs is 3. The Balaban J connectivity index is 1.55. The second-order valence-corrected chi connectivity index (χ2v) is 5.98. The summed E-state index contributed by atoms with van der Waals surface area (Å²) < 4.78 is 1.83. The Kier molecular flexibility index (Phi) is 2.72. The van der Waals surface area contributed by atoms with Crippen LogP contribution >= 0.6 is 0 Å². The van der Waals surface area contributed by atoms with Gasteiger partial charge in [0, 0.05) is 37.0 Å². The van der Waals surface area contributed by atoms with Gasteiger partial charge in [0.1, 0.15) is 6.07 Å². The molecular formula is C16H16N4O. The summed E-state index contributed by atoms with van der Waals surface area (Å²) in [4.78, 5) is 14.8. The molecule has 5 heteroatoms. The average Bonchev–Trinajstić information content (AvgIpc) is 3.20. The predicted octanol–water partition coefficient (Wildman–Crippen LogP) is 1.24. The number of hydrogen-bond donors (Lipinski definition) is 1.